The number of benzene rings is 2. The number of fused-ring (bicyclic) bond motifs is 1. The van der Waals surface area contributed by atoms with Gasteiger partial charge in [-0.1, -0.05) is 24.3 Å². The van der Waals surface area contributed by atoms with E-state index in [0.29, 0.717) is 19.4 Å². The largest absolute Gasteiger partial charge is 0.494 e. The molecule has 154 valence electrons. The number of ether oxygens (including phenoxy) is 2. The van der Waals surface area contributed by atoms with Gasteiger partial charge in [-0.05, 0) is 43.2 Å². The Bertz CT molecular complexity index is 963. The molecule has 0 bridgehead atoms. The Hall–Kier alpha value is -2.34. The highest BCUT2D eigenvalue weighted by Gasteiger charge is 2.31. The number of aliphatic hydroxyl groups excluding tert-OH is 2. The molecule has 0 saturated carbocycles. The van der Waals surface area contributed by atoms with Crippen LogP contribution in [0.2, 0.25) is 0 Å². The van der Waals surface area contributed by atoms with Crippen LogP contribution in [0.5, 0.6) is 5.75 Å². The van der Waals surface area contributed by atoms with E-state index >= 15 is 0 Å². The van der Waals surface area contributed by atoms with Crippen LogP contribution in [0.3, 0.4) is 0 Å². The third-order valence-electron chi connectivity index (χ3n) is 5.66. The smallest absolute Gasteiger partial charge is 0.119 e. The lowest BCUT2D eigenvalue weighted by Gasteiger charge is -2.32. The number of aliphatic hydroxyl groups is 2. The fourth-order valence-electron chi connectivity index (χ4n) is 4.31. The van der Waals surface area contributed by atoms with E-state index in [4.69, 9.17) is 9.47 Å². The van der Waals surface area contributed by atoms with Crippen LogP contribution < -0.4 is 4.74 Å². The van der Waals surface area contributed by atoms with Crippen LogP contribution in [0.15, 0.2) is 48.7 Å². The Balaban J connectivity index is 1.69. The van der Waals surface area contributed by atoms with Gasteiger partial charge in [0, 0.05) is 42.0 Å². The molecule has 0 amide bonds. The number of rotatable bonds is 6. The Kier molecular flexibility index (Phi) is 5.90. The number of aryl methyl sites for hydroxylation is 1. The Morgan fingerprint density at radius 3 is 2.66 bits per heavy atom. The van der Waals surface area contributed by atoms with Crippen molar-refractivity contribution >= 4 is 10.9 Å². The van der Waals surface area contributed by atoms with Crippen LogP contribution in [0, 0.1) is 6.92 Å². The minimum Gasteiger partial charge on any atom is -0.494 e. The normalized spacial score (nSPS) is 22.1. The standard InChI is InChI=1S/C24H29NO4/c1-3-28-19-9-7-17(8-10-19)13-25-14-21(24-16(2)5-4-6-22(24)25)23-12-18(27)11-20(15-26)29-23/h4-10,14,18,20,23,26-27H,3,11-13,15H2,1-2H3/t18-,20-,23+/m0/s1. The van der Waals surface area contributed by atoms with Crippen LogP contribution >= 0.6 is 0 Å². The molecule has 1 aliphatic heterocycles. The summed E-state index contributed by atoms with van der Waals surface area (Å²) in [7, 11) is 0. The topological polar surface area (TPSA) is 63.9 Å². The zero-order chi connectivity index (χ0) is 20.4. The van der Waals surface area contributed by atoms with Crippen molar-refractivity contribution < 1.29 is 19.7 Å². The molecule has 3 atom stereocenters. The second-order valence-corrected chi connectivity index (χ2v) is 7.81. The first-order chi connectivity index (χ1) is 14.1. The SMILES string of the molecule is CCOc1ccc(Cn2cc([C@H]3C[C@@H](O)C[C@@H](CO)O3)c3c(C)cccc32)cc1. The molecule has 2 N–H and O–H groups in total. The Morgan fingerprint density at radius 1 is 1.14 bits per heavy atom. The maximum atomic E-state index is 10.3. The number of nitrogens with zero attached hydrogens (tertiary/aromatic N) is 1. The molecule has 1 saturated heterocycles. The van der Waals surface area contributed by atoms with E-state index in [-0.39, 0.29) is 18.8 Å². The van der Waals surface area contributed by atoms with E-state index in [2.05, 4.69) is 48.0 Å². The van der Waals surface area contributed by atoms with Crippen molar-refractivity contribution in [1.82, 2.24) is 4.57 Å². The van der Waals surface area contributed by atoms with Gasteiger partial charge in [0.15, 0.2) is 0 Å². The summed E-state index contributed by atoms with van der Waals surface area (Å²) in [4.78, 5) is 0. The minimum absolute atomic E-state index is 0.0721. The number of aromatic nitrogens is 1. The third kappa shape index (κ3) is 4.17. The molecule has 5 heteroatoms. The van der Waals surface area contributed by atoms with Crippen molar-refractivity contribution in [2.24, 2.45) is 0 Å². The molecule has 0 radical (unpaired) electrons. The van der Waals surface area contributed by atoms with Crippen molar-refractivity contribution in [2.75, 3.05) is 13.2 Å². The van der Waals surface area contributed by atoms with Crippen LogP contribution in [-0.4, -0.2) is 40.2 Å². The van der Waals surface area contributed by atoms with Gasteiger partial charge in [-0.25, -0.2) is 0 Å². The molecule has 0 unspecified atom stereocenters. The molecule has 29 heavy (non-hydrogen) atoms. The van der Waals surface area contributed by atoms with Gasteiger partial charge in [-0.15, -0.1) is 0 Å². The van der Waals surface area contributed by atoms with Gasteiger partial charge in [-0.2, -0.15) is 0 Å². The Labute approximate surface area is 171 Å². The molecule has 5 nitrogen and oxygen atoms in total. The fourth-order valence-corrected chi connectivity index (χ4v) is 4.31. The lowest BCUT2D eigenvalue weighted by Crippen LogP contribution is -2.33. The summed E-state index contributed by atoms with van der Waals surface area (Å²) in [5, 5.41) is 21.0. The van der Waals surface area contributed by atoms with E-state index in [1.165, 1.54) is 16.5 Å². The molecular formula is C24H29NO4. The molecule has 1 fully saturated rings. The molecular weight excluding hydrogens is 366 g/mol. The summed E-state index contributed by atoms with van der Waals surface area (Å²) >= 11 is 0. The van der Waals surface area contributed by atoms with Gasteiger partial charge in [0.05, 0.1) is 31.5 Å². The highest BCUT2D eigenvalue weighted by atomic mass is 16.5. The highest BCUT2D eigenvalue weighted by Crippen LogP contribution is 2.38. The van der Waals surface area contributed by atoms with Crippen molar-refractivity contribution in [3.8, 4) is 5.75 Å². The average molecular weight is 395 g/mol. The van der Waals surface area contributed by atoms with E-state index in [1.54, 1.807) is 0 Å². The molecule has 2 heterocycles. The van der Waals surface area contributed by atoms with E-state index in [9.17, 15) is 10.2 Å². The second kappa shape index (κ2) is 8.57. The predicted molar refractivity (Wildman–Crippen MR) is 113 cm³/mol. The van der Waals surface area contributed by atoms with Crippen LogP contribution in [0.1, 0.15) is 42.6 Å². The van der Waals surface area contributed by atoms with Crippen LogP contribution in [-0.2, 0) is 11.3 Å². The second-order valence-electron chi connectivity index (χ2n) is 7.81. The highest BCUT2D eigenvalue weighted by molar-refractivity contribution is 5.87. The molecule has 0 aliphatic carbocycles. The van der Waals surface area contributed by atoms with Gasteiger partial charge in [0.25, 0.3) is 0 Å². The van der Waals surface area contributed by atoms with Crippen molar-refractivity contribution in [3.05, 3.63) is 65.4 Å². The van der Waals surface area contributed by atoms with E-state index in [1.807, 2.05) is 19.1 Å². The molecule has 0 spiro atoms. The third-order valence-corrected chi connectivity index (χ3v) is 5.66. The zero-order valence-electron chi connectivity index (χ0n) is 17.0. The zero-order valence-corrected chi connectivity index (χ0v) is 17.0. The molecule has 4 rings (SSSR count). The quantitative estimate of drug-likeness (QED) is 0.663. The lowest BCUT2D eigenvalue weighted by molar-refractivity contribution is -0.113. The average Bonchev–Trinajstić information content (AvgIpc) is 3.09. The summed E-state index contributed by atoms with van der Waals surface area (Å²) in [6.45, 7) is 5.42. The summed E-state index contributed by atoms with van der Waals surface area (Å²) in [6.07, 6.45) is 2.17. The van der Waals surface area contributed by atoms with Gasteiger partial charge < -0.3 is 24.3 Å². The first kappa shape index (κ1) is 20.0. The maximum Gasteiger partial charge on any atom is 0.119 e. The van der Waals surface area contributed by atoms with E-state index in [0.717, 1.165) is 23.4 Å². The monoisotopic (exact) mass is 395 g/mol. The van der Waals surface area contributed by atoms with Crippen LogP contribution in [0.4, 0.5) is 0 Å². The fraction of sp³-hybridized carbons (Fsp3) is 0.417. The van der Waals surface area contributed by atoms with E-state index < -0.39 is 6.10 Å². The first-order valence-electron chi connectivity index (χ1n) is 10.3. The summed E-state index contributed by atoms with van der Waals surface area (Å²) < 4.78 is 13.9. The summed E-state index contributed by atoms with van der Waals surface area (Å²) in [6, 6.07) is 14.5. The Morgan fingerprint density at radius 2 is 1.93 bits per heavy atom. The summed E-state index contributed by atoms with van der Waals surface area (Å²) in [5.74, 6) is 0.879. The van der Waals surface area contributed by atoms with Gasteiger partial charge in [0.1, 0.15) is 5.75 Å². The molecule has 2 aromatic carbocycles. The minimum atomic E-state index is -0.459. The lowest BCUT2D eigenvalue weighted by atomic mass is 9.95. The van der Waals surface area contributed by atoms with Gasteiger partial charge in [-0.3, -0.25) is 0 Å². The predicted octanol–water partition coefficient (Wildman–Crippen LogP) is 3.97. The van der Waals surface area contributed by atoms with Gasteiger partial charge >= 0.3 is 0 Å². The maximum absolute atomic E-state index is 10.3. The molecule has 1 aromatic heterocycles. The number of hydrogen-bond acceptors (Lipinski definition) is 4. The van der Waals surface area contributed by atoms with Crippen LogP contribution in [0.25, 0.3) is 10.9 Å². The molecule has 3 aromatic rings. The van der Waals surface area contributed by atoms with Crippen molar-refractivity contribution in [1.29, 1.82) is 0 Å². The van der Waals surface area contributed by atoms with Gasteiger partial charge in [0.2, 0.25) is 0 Å². The number of hydrogen-bond donors (Lipinski definition) is 2. The van der Waals surface area contributed by atoms with Crippen molar-refractivity contribution in [2.45, 2.75) is 51.5 Å². The molecule has 1 aliphatic rings. The van der Waals surface area contributed by atoms with Crippen molar-refractivity contribution in [3.63, 3.8) is 0 Å². The summed E-state index contributed by atoms with van der Waals surface area (Å²) in [5.41, 5.74) is 4.61. The first-order valence-corrected chi connectivity index (χ1v) is 10.3.